The topological polar surface area (TPSA) is 32.7 Å². The fourth-order valence-electron chi connectivity index (χ4n) is 5.91. The average Bonchev–Trinajstić information content (AvgIpc) is 3.11. The smallest absolute Gasteiger partial charge is 0.235 e. The highest BCUT2D eigenvalue weighted by Crippen LogP contribution is 2.46. The highest BCUT2D eigenvalue weighted by Gasteiger charge is 2.44. The van der Waals surface area contributed by atoms with Gasteiger partial charge in [-0.15, -0.1) is 0 Å². The van der Waals surface area contributed by atoms with Gasteiger partial charge in [0.25, 0.3) is 0 Å². The predicted molar refractivity (Wildman–Crippen MR) is 130 cm³/mol. The van der Waals surface area contributed by atoms with Crippen molar-refractivity contribution in [2.45, 2.75) is 85.0 Å². The number of rotatable bonds is 7. The molecule has 2 heterocycles. The van der Waals surface area contributed by atoms with E-state index in [0.29, 0.717) is 5.92 Å². The first-order valence-electron chi connectivity index (χ1n) is 12.7. The van der Waals surface area contributed by atoms with E-state index in [2.05, 4.69) is 45.6 Å². The van der Waals surface area contributed by atoms with Gasteiger partial charge in [0.1, 0.15) is 5.82 Å². The molecule has 0 spiro atoms. The molecule has 0 N–H and O–H groups in total. The number of hydrogen-bond acceptors (Lipinski definition) is 2. The minimum atomic E-state index is -0.0971. The van der Waals surface area contributed by atoms with Crippen LogP contribution in [0.15, 0.2) is 52.3 Å². The minimum absolute atomic E-state index is 0.0971. The van der Waals surface area contributed by atoms with Gasteiger partial charge in [-0.3, -0.25) is 9.69 Å². The maximum atomic E-state index is 13.4. The molecule has 4 rings (SSSR count). The summed E-state index contributed by atoms with van der Waals surface area (Å²) in [6, 6.07) is 0. The molecule has 2 aliphatic heterocycles. The van der Waals surface area contributed by atoms with Crippen molar-refractivity contribution in [2.24, 2.45) is 28.7 Å². The van der Waals surface area contributed by atoms with Crippen molar-refractivity contribution in [3.05, 3.63) is 47.3 Å². The Morgan fingerprint density at radius 2 is 1.90 bits per heavy atom. The number of hydrogen-bond donors (Lipinski definition) is 0. The molecule has 168 valence electrons. The van der Waals surface area contributed by atoms with Crippen molar-refractivity contribution in [2.75, 3.05) is 6.54 Å². The Balaban J connectivity index is 1.70. The van der Waals surface area contributed by atoms with Crippen LogP contribution in [0.25, 0.3) is 0 Å². The van der Waals surface area contributed by atoms with E-state index in [0.717, 1.165) is 56.0 Å². The molecule has 3 heteroatoms. The molecule has 2 aliphatic carbocycles. The van der Waals surface area contributed by atoms with Gasteiger partial charge in [0.2, 0.25) is 5.91 Å². The van der Waals surface area contributed by atoms with Crippen LogP contribution in [0.5, 0.6) is 0 Å². The van der Waals surface area contributed by atoms with E-state index >= 15 is 0 Å². The lowest BCUT2D eigenvalue weighted by molar-refractivity contribution is -0.133. The summed E-state index contributed by atoms with van der Waals surface area (Å²) >= 11 is 0. The number of nitrogens with zero attached hydrogens (tertiary/aromatic N) is 2. The molecule has 2 unspecified atom stereocenters. The van der Waals surface area contributed by atoms with Crippen molar-refractivity contribution in [3.63, 3.8) is 0 Å². The van der Waals surface area contributed by atoms with Crippen molar-refractivity contribution >= 4 is 11.6 Å². The number of carbonyl (C=O) groups is 1. The molecule has 2 atom stereocenters. The number of carbonyl (C=O) groups excluding carboxylic acids is 1. The van der Waals surface area contributed by atoms with Crippen molar-refractivity contribution in [3.8, 4) is 0 Å². The molecule has 31 heavy (non-hydrogen) atoms. The van der Waals surface area contributed by atoms with Gasteiger partial charge in [0.15, 0.2) is 0 Å². The number of allylic oxidation sites excluding steroid dienone is 5. The van der Waals surface area contributed by atoms with Crippen LogP contribution in [0, 0.1) is 23.7 Å². The Kier molecular flexibility index (Phi) is 6.99. The maximum Gasteiger partial charge on any atom is 0.235 e. The summed E-state index contributed by atoms with van der Waals surface area (Å²) in [5.74, 6) is 2.50. The monoisotopic (exact) mass is 420 g/mol. The third-order valence-corrected chi connectivity index (χ3v) is 7.52. The molecule has 0 radical (unpaired) electrons. The first kappa shape index (κ1) is 22.3. The largest absolute Gasteiger partial charge is 0.296 e. The first-order chi connectivity index (χ1) is 15.0. The number of amides is 1. The average molecular weight is 421 g/mol. The standard InChI is InChI=1S/C28H40N2O/c1-5-23-20(4)26-24(16-21-12-8-6-9-13-21)25(17-22-14-10-7-11-15-22)29-27(26)30(28(23)31)18-19(2)3/h8,12-13,19,22-24H,4-7,9-11,14-18H2,1-3H3. The first-order valence-corrected chi connectivity index (χ1v) is 12.7. The van der Waals surface area contributed by atoms with Gasteiger partial charge < -0.3 is 0 Å². The fourth-order valence-corrected chi connectivity index (χ4v) is 5.91. The molecule has 4 aliphatic rings. The van der Waals surface area contributed by atoms with Crippen LogP contribution >= 0.6 is 0 Å². The van der Waals surface area contributed by atoms with E-state index in [1.54, 1.807) is 0 Å². The molecule has 1 saturated carbocycles. The van der Waals surface area contributed by atoms with Crippen LogP contribution in [0.3, 0.4) is 0 Å². The summed E-state index contributed by atoms with van der Waals surface area (Å²) in [5.41, 5.74) is 5.05. The third-order valence-electron chi connectivity index (χ3n) is 7.52. The van der Waals surface area contributed by atoms with Crippen molar-refractivity contribution < 1.29 is 4.79 Å². The van der Waals surface area contributed by atoms with E-state index in [1.807, 2.05) is 4.90 Å². The van der Waals surface area contributed by atoms with Gasteiger partial charge in [0.05, 0.1) is 5.92 Å². The fraction of sp³-hybridized carbons (Fsp3) is 0.643. The SMILES string of the molecule is C=C1C2=C(N=C(CC3CCCCC3)C2CC2=CCCC=C2)N(CC(C)C)C(=O)C1CC. The maximum absolute atomic E-state index is 13.4. The van der Waals surface area contributed by atoms with Gasteiger partial charge in [-0.1, -0.05) is 83.3 Å². The minimum Gasteiger partial charge on any atom is -0.296 e. The summed E-state index contributed by atoms with van der Waals surface area (Å²) in [4.78, 5) is 20.6. The highest BCUT2D eigenvalue weighted by atomic mass is 16.2. The summed E-state index contributed by atoms with van der Waals surface area (Å²) in [6.07, 6.45) is 18.9. The van der Waals surface area contributed by atoms with Crippen LogP contribution in [0.2, 0.25) is 0 Å². The van der Waals surface area contributed by atoms with E-state index < -0.39 is 0 Å². The van der Waals surface area contributed by atoms with Crippen LogP contribution < -0.4 is 0 Å². The zero-order valence-corrected chi connectivity index (χ0v) is 19.8. The molecular formula is C28H40N2O. The van der Waals surface area contributed by atoms with Crippen LogP contribution in [-0.2, 0) is 4.79 Å². The number of aliphatic imine (C=N–C) groups is 1. The summed E-state index contributed by atoms with van der Waals surface area (Å²) in [6.45, 7) is 11.7. The molecule has 0 saturated heterocycles. The second-order valence-electron chi connectivity index (χ2n) is 10.4. The molecular weight excluding hydrogens is 380 g/mol. The van der Waals surface area contributed by atoms with E-state index in [4.69, 9.17) is 4.99 Å². The summed E-state index contributed by atoms with van der Waals surface area (Å²) in [5, 5.41) is 0. The summed E-state index contributed by atoms with van der Waals surface area (Å²) in [7, 11) is 0. The second kappa shape index (κ2) is 9.71. The summed E-state index contributed by atoms with van der Waals surface area (Å²) < 4.78 is 0. The molecule has 0 aromatic rings. The third kappa shape index (κ3) is 4.66. The van der Waals surface area contributed by atoms with Gasteiger partial charge in [-0.25, -0.2) is 4.99 Å². The highest BCUT2D eigenvalue weighted by molar-refractivity contribution is 5.98. The van der Waals surface area contributed by atoms with Crippen LogP contribution in [-0.4, -0.2) is 23.1 Å². The molecule has 3 nitrogen and oxygen atoms in total. The lowest BCUT2D eigenvalue weighted by atomic mass is 9.75. The van der Waals surface area contributed by atoms with Crippen molar-refractivity contribution in [1.82, 2.24) is 4.90 Å². The molecule has 0 aromatic carbocycles. The predicted octanol–water partition coefficient (Wildman–Crippen LogP) is 6.99. The van der Waals surface area contributed by atoms with Gasteiger partial charge in [-0.2, -0.15) is 0 Å². The Morgan fingerprint density at radius 3 is 2.55 bits per heavy atom. The Labute approximate surface area is 189 Å². The molecule has 0 aromatic heterocycles. The second-order valence-corrected chi connectivity index (χ2v) is 10.4. The quantitative estimate of drug-likeness (QED) is 0.437. The van der Waals surface area contributed by atoms with Crippen molar-refractivity contribution in [1.29, 1.82) is 0 Å². The van der Waals surface area contributed by atoms with Gasteiger partial charge >= 0.3 is 0 Å². The van der Waals surface area contributed by atoms with Gasteiger partial charge in [-0.05, 0) is 49.5 Å². The van der Waals surface area contributed by atoms with Gasteiger partial charge in [0, 0.05) is 23.7 Å². The van der Waals surface area contributed by atoms with E-state index in [-0.39, 0.29) is 17.7 Å². The molecule has 0 bridgehead atoms. The lowest BCUT2D eigenvalue weighted by Gasteiger charge is -2.36. The molecule has 1 amide bonds. The normalized spacial score (nSPS) is 27.2. The Bertz CT molecular complexity index is 835. The Hall–Kier alpha value is -1.90. The van der Waals surface area contributed by atoms with E-state index in [1.165, 1.54) is 49.0 Å². The molecule has 1 fully saturated rings. The Morgan fingerprint density at radius 1 is 1.13 bits per heavy atom. The van der Waals surface area contributed by atoms with Crippen LogP contribution in [0.1, 0.15) is 85.0 Å². The van der Waals surface area contributed by atoms with E-state index in [9.17, 15) is 4.79 Å². The lowest BCUT2D eigenvalue weighted by Crippen LogP contribution is -2.42. The zero-order valence-electron chi connectivity index (χ0n) is 19.8. The van der Waals surface area contributed by atoms with Crippen LogP contribution in [0.4, 0.5) is 0 Å². The zero-order chi connectivity index (χ0) is 22.0.